The van der Waals surface area contributed by atoms with Gasteiger partial charge in [-0.2, -0.15) is 0 Å². The summed E-state index contributed by atoms with van der Waals surface area (Å²) in [5.41, 5.74) is 5.79. The van der Waals surface area contributed by atoms with Gasteiger partial charge in [-0.3, -0.25) is 14.8 Å². The maximum atomic E-state index is 12.2. The molecule has 3 aromatic rings. The average Bonchev–Trinajstić information content (AvgIpc) is 2.74. The van der Waals surface area contributed by atoms with Gasteiger partial charge in [-0.25, -0.2) is 5.48 Å². The summed E-state index contributed by atoms with van der Waals surface area (Å²) in [4.78, 5) is 26.0. The van der Waals surface area contributed by atoms with Crippen LogP contribution in [0.2, 0.25) is 0 Å². The molecule has 0 heterocycles. The molecule has 3 aromatic carbocycles. The van der Waals surface area contributed by atoms with Crippen molar-refractivity contribution in [1.29, 1.82) is 0 Å². The first-order valence-corrected chi connectivity index (χ1v) is 8.92. The highest BCUT2D eigenvalue weighted by Gasteiger charge is 2.22. The third-order valence-corrected chi connectivity index (χ3v) is 4.60. The standard InChI is InChI=1S/C23H22N2O3/c1-25(2)23(27)20-10-6-9-19(15-20)16-11-13-18(14-12-16)21(22(26)24-28)17-7-4-3-5-8-17/h3-15,21,28H,1-2H3,(H,24,26). The van der Waals surface area contributed by atoms with E-state index in [-0.39, 0.29) is 5.91 Å². The minimum atomic E-state index is -0.609. The van der Waals surface area contributed by atoms with E-state index in [9.17, 15) is 9.59 Å². The summed E-state index contributed by atoms with van der Waals surface area (Å²) in [7, 11) is 3.44. The molecule has 0 aliphatic rings. The normalized spacial score (nSPS) is 11.5. The van der Waals surface area contributed by atoms with Gasteiger partial charge in [0.25, 0.3) is 11.8 Å². The van der Waals surface area contributed by atoms with E-state index in [1.165, 1.54) is 0 Å². The number of benzene rings is 3. The zero-order valence-electron chi connectivity index (χ0n) is 15.8. The SMILES string of the molecule is CN(C)C(=O)c1cccc(-c2ccc(C(C(=O)NO)c3ccccc3)cc2)c1. The van der Waals surface area contributed by atoms with E-state index in [1.54, 1.807) is 30.5 Å². The van der Waals surface area contributed by atoms with Crippen molar-refractivity contribution in [3.8, 4) is 11.1 Å². The van der Waals surface area contributed by atoms with Crippen molar-refractivity contribution < 1.29 is 14.8 Å². The van der Waals surface area contributed by atoms with Gasteiger partial charge in [0.1, 0.15) is 0 Å². The van der Waals surface area contributed by atoms with E-state index in [2.05, 4.69) is 0 Å². The minimum Gasteiger partial charge on any atom is -0.345 e. The van der Waals surface area contributed by atoms with Gasteiger partial charge in [-0.1, -0.05) is 66.7 Å². The number of hydrogen-bond acceptors (Lipinski definition) is 3. The first-order valence-electron chi connectivity index (χ1n) is 8.92. The number of carbonyl (C=O) groups is 2. The molecule has 0 aliphatic heterocycles. The number of hydroxylamine groups is 1. The first-order chi connectivity index (χ1) is 13.5. The topological polar surface area (TPSA) is 69.6 Å². The van der Waals surface area contributed by atoms with E-state index in [4.69, 9.17) is 5.21 Å². The zero-order chi connectivity index (χ0) is 20.1. The second-order valence-electron chi connectivity index (χ2n) is 6.72. The van der Waals surface area contributed by atoms with Crippen LogP contribution in [0.1, 0.15) is 27.4 Å². The van der Waals surface area contributed by atoms with Gasteiger partial charge in [-0.05, 0) is 34.4 Å². The molecule has 0 radical (unpaired) electrons. The quantitative estimate of drug-likeness (QED) is 0.529. The summed E-state index contributed by atoms with van der Waals surface area (Å²) in [6, 6.07) is 24.3. The van der Waals surface area contributed by atoms with Gasteiger partial charge in [0.05, 0.1) is 5.92 Å². The lowest BCUT2D eigenvalue weighted by molar-refractivity contribution is -0.129. The number of hydrogen-bond donors (Lipinski definition) is 2. The fourth-order valence-electron chi connectivity index (χ4n) is 3.16. The van der Waals surface area contributed by atoms with Crippen LogP contribution in [-0.4, -0.2) is 36.0 Å². The van der Waals surface area contributed by atoms with Crippen LogP contribution in [-0.2, 0) is 4.79 Å². The van der Waals surface area contributed by atoms with Crippen molar-refractivity contribution >= 4 is 11.8 Å². The van der Waals surface area contributed by atoms with Crippen LogP contribution in [0.3, 0.4) is 0 Å². The predicted octanol–water partition coefficient (Wildman–Crippen LogP) is 3.69. The van der Waals surface area contributed by atoms with Crippen molar-refractivity contribution in [2.45, 2.75) is 5.92 Å². The highest BCUT2D eigenvalue weighted by atomic mass is 16.5. The van der Waals surface area contributed by atoms with Crippen LogP contribution in [0.15, 0.2) is 78.9 Å². The molecule has 2 N–H and O–H groups in total. The molecule has 0 aliphatic carbocycles. The van der Waals surface area contributed by atoms with Gasteiger partial charge in [-0.15, -0.1) is 0 Å². The van der Waals surface area contributed by atoms with Gasteiger partial charge in [0, 0.05) is 19.7 Å². The van der Waals surface area contributed by atoms with Crippen LogP contribution in [0.5, 0.6) is 0 Å². The number of carbonyl (C=O) groups excluding carboxylic acids is 2. The maximum Gasteiger partial charge on any atom is 0.255 e. The summed E-state index contributed by atoms with van der Waals surface area (Å²) in [5.74, 6) is -1.15. The van der Waals surface area contributed by atoms with E-state index < -0.39 is 11.8 Å². The lowest BCUT2D eigenvalue weighted by Crippen LogP contribution is -2.27. The Bertz CT molecular complexity index is 967. The van der Waals surface area contributed by atoms with Crippen LogP contribution < -0.4 is 5.48 Å². The molecule has 5 nitrogen and oxygen atoms in total. The largest absolute Gasteiger partial charge is 0.345 e. The van der Waals surface area contributed by atoms with Crippen molar-refractivity contribution in [1.82, 2.24) is 10.4 Å². The lowest BCUT2D eigenvalue weighted by atomic mass is 9.89. The second kappa shape index (κ2) is 8.50. The van der Waals surface area contributed by atoms with Crippen LogP contribution in [0.25, 0.3) is 11.1 Å². The van der Waals surface area contributed by atoms with Crippen molar-refractivity contribution in [3.05, 3.63) is 95.6 Å². The molecule has 142 valence electrons. The molecule has 1 unspecified atom stereocenters. The molecule has 28 heavy (non-hydrogen) atoms. The molecule has 1 atom stereocenters. The van der Waals surface area contributed by atoms with Crippen LogP contribution in [0.4, 0.5) is 0 Å². The maximum absolute atomic E-state index is 12.2. The number of amides is 2. The average molecular weight is 374 g/mol. The highest BCUT2D eigenvalue weighted by Crippen LogP contribution is 2.28. The summed E-state index contributed by atoms with van der Waals surface area (Å²) >= 11 is 0. The van der Waals surface area contributed by atoms with E-state index >= 15 is 0 Å². The first kappa shape index (κ1) is 19.3. The summed E-state index contributed by atoms with van der Waals surface area (Å²) in [5, 5.41) is 9.15. The summed E-state index contributed by atoms with van der Waals surface area (Å²) in [6.07, 6.45) is 0. The van der Waals surface area contributed by atoms with Gasteiger partial charge >= 0.3 is 0 Å². The van der Waals surface area contributed by atoms with E-state index in [1.807, 2.05) is 72.8 Å². The molecular weight excluding hydrogens is 352 g/mol. The Morgan fingerprint density at radius 2 is 1.46 bits per heavy atom. The van der Waals surface area contributed by atoms with E-state index in [0.29, 0.717) is 5.56 Å². The third kappa shape index (κ3) is 4.10. The molecule has 0 fully saturated rings. The Balaban J connectivity index is 1.93. The second-order valence-corrected chi connectivity index (χ2v) is 6.72. The molecule has 5 heteroatoms. The van der Waals surface area contributed by atoms with Crippen LogP contribution in [0, 0.1) is 0 Å². The monoisotopic (exact) mass is 374 g/mol. The smallest absolute Gasteiger partial charge is 0.255 e. The molecule has 3 rings (SSSR count). The highest BCUT2D eigenvalue weighted by molar-refractivity contribution is 5.95. The molecule has 0 saturated heterocycles. The zero-order valence-corrected chi connectivity index (χ0v) is 15.8. The van der Waals surface area contributed by atoms with Gasteiger partial charge in [0.15, 0.2) is 0 Å². The molecule has 0 bridgehead atoms. The van der Waals surface area contributed by atoms with Crippen molar-refractivity contribution in [2.24, 2.45) is 0 Å². The molecule has 2 amide bonds. The molecule has 0 spiro atoms. The van der Waals surface area contributed by atoms with Crippen molar-refractivity contribution in [3.63, 3.8) is 0 Å². The lowest BCUT2D eigenvalue weighted by Gasteiger charge is -2.16. The molecular formula is C23H22N2O3. The Morgan fingerprint density at radius 1 is 0.821 bits per heavy atom. The molecule has 0 aromatic heterocycles. The fourth-order valence-corrected chi connectivity index (χ4v) is 3.16. The molecule has 0 saturated carbocycles. The van der Waals surface area contributed by atoms with Gasteiger partial charge < -0.3 is 4.90 Å². The number of rotatable bonds is 5. The summed E-state index contributed by atoms with van der Waals surface area (Å²) < 4.78 is 0. The predicted molar refractivity (Wildman–Crippen MR) is 108 cm³/mol. The summed E-state index contributed by atoms with van der Waals surface area (Å²) in [6.45, 7) is 0. The van der Waals surface area contributed by atoms with Crippen LogP contribution >= 0.6 is 0 Å². The van der Waals surface area contributed by atoms with Gasteiger partial charge in [0.2, 0.25) is 0 Å². The Hall–Kier alpha value is -3.44. The third-order valence-electron chi connectivity index (χ3n) is 4.60. The minimum absolute atomic E-state index is 0.0535. The number of nitrogens with one attached hydrogen (secondary N) is 1. The Morgan fingerprint density at radius 3 is 2.07 bits per heavy atom. The van der Waals surface area contributed by atoms with E-state index in [0.717, 1.165) is 22.3 Å². The van der Waals surface area contributed by atoms with Crippen molar-refractivity contribution in [2.75, 3.05) is 14.1 Å². The number of nitrogens with zero attached hydrogens (tertiary/aromatic N) is 1. The Labute approximate surface area is 164 Å². The fraction of sp³-hybridized carbons (Fsp3) is 0.130. The Kier molecular flexibility index (Phi) is 5.87.